The number of hydrogen-bond acceptors (Lipinski definition) is 4. The first-order chi connectivity index (χ1) is 15.7. The molecule has 1 unspecified atom stereocenters. The molecule has 2 aromatic rings. The Balaban J connectivity index is 1.76. The predicted molar refractivity (Wildman–Crippen MR) is 112 cm³/mol. The van der Waals surface area contributed by atoms with Crippen LogP contribution in [0, 0.1) is 12.7 Å². The minimum absolute atomic E-state index is 0.0199. The van der Waals surface area contributed by atoms with Crippen molar-refractivity contribution in [3.05, 3.63) is 57.9 Å². The van der Waals surface area contributed by atoms with Crippen LogP contribution >= 0.6 is 0 Å². The Hall–Kier alpha value is -2.89. The van der Waals surface area contributed by atoms with Crippen molar-refractivity contribution in [1.29, 1.82) is 0 Å². The Morgan fingerprint density at radius 3 is 2.65 bits per heavy atom. The molecule has 1 N–H and O–H groups in total. The summed E-state index contributed by atoms with van der Waals surface area (Å²) in [5, 5.41) is 2.51. The average Bonchev–Trinajstić information content (AvgIpc) is 2.71. The highest BCUT2D eigenvalue weighted by Crippen LogP contribution is 2.41. The van der Waals surface area contributed by atoms with Gasteiger partial charge in [0.1, 0.15) is 18.2 Å². The van der Waals surface area contributed by atoms with Gasteiger partial charge in [-0.3, -0.25) is 14.5 Å². The molecule has 0 spiro atoms. The molecule has 3 rings (SSSR count). The number of hydrogen-bond donors (Lipinski definition) is 1. The third-order valence-electron chi connectivity index (χ3n) is 5.80. The fourth-order valence-electron chi connectivity index (χ4n) is 4.03. The number of anilines is 1. The van der Waals surface area contributed by atoms with Crippen LogP contribution in [0.25, 0.3) is 0 Å². The van der Waals surface area contributed by atoms with E-state index in [9.17, 15) is 35.9 Å². The molecule has 0 aromatic carbocycles. The molecular weight excluding hydrogens is 466 g/mol. The first kappa shape index (κ1) is 25.7. The summed E-state index contributed by atoms with van der Waals surface area (Å²) in [5.74, 6) is -5.53. The average molecular weight is 490 g/mol. The van der Waals surface area contributed by atoms with E-state index >= 15 is 0 Å². The van der Waals surface area contributed by atoms with Crippen molar-refractivity contribution in [2.24, 2.45) is 0 Å². The van der Waals surface area contributed by atoms with Crippen molar-refractivity contribution in [1.82, 2.24) is 14.5 Å². The molecule has 12 heteroatoms. The Kier molecular flexibility index (Phi) is 7.39. The first-order valence-electron chi connectivity index (χ1n) is 10.6. The largest absolute Gasteiger partial charge is 0.406 e. The van der Waals surface area contributed by atoms with Crippen molar-refractivity contribution in [2.75, 3.05) is 18.4 Å². The Bertz CT molecular complexity index is 1080. The molecule has 186 valence electrons. The van der Waals surface area contributed by atoms with Gasteiger partial charge in [-0.1, -0.05) is 0 Å². The zero-order valence-electron chi connectivity index (χ0n) is 18.5. The molecule has 0 aliphatic carbocycles. The van der Waals surface area contributed by atoms with Crippen LogP contribution in [0.2, 0.25) is 0 Å². The second kappa shape index (κ2) is 9.77. The summed E-state index contributed by atoms with van der Waals surface area (Å²) in [6.45, 7) is 1.16. The molecule has 2 atom stereocenters. The molecule has 0 saturated carbocycles. The zero-order valence-corrected chi connectivity index (χ0v) is 18.5. The molecule has 2 aromatic heterocycles. The van der Waals surface area contributed by atoms with Crippen molar-refractivity contribution in [2.45, 2.75) is 57.3 Å². The van der Waals surface area contributed by atoms with E-state index in [2.05, 4.69) is 10.3 Å². The Labute approximate surface area is 191 Å². The summed E-state index contributed by atoms with van der Waals surface area (Å²) in [4.78, 5) is 29.8. The molecule has 3 heterocycles. The van der Waals surface area contributed by atoms with E-state index in [1.54, 1.807) is 11.8 Å². The lowest BCUT2D eigenvalue weighted by atomic mass is 9.86. The van der Waals surface area contributed by atoms with E-state index in [1.165, 1.54) is 19.1 Å². The van der Waals surface area contributed by atoms with Crippen molar-refractivity contribution in [3.8, 4) is 0 Å². The number of likely N-dealkylation sites (tertiary alicyclic amines) is 1. The Morgan fingerprint density at radius 1 is 1.32 bits per heavy atom. The van der Waals surface area contributed by atoms with Gasteiger partial charge in [0, 0.05) is 43.7 Å². The first-order valence-corrected chi connectivity index (χ1v) is 10.6. The minimum Gasteiger partial charge on any atom is -0.311 e. The maximum atomic E-state index is 14.8. The fraction of sp³-hybridized carbons (Fsp3) is 0.500. The molecule has 1 fully saturated rings. The van der Waals surface area contributed by atoms with E-state index in [1.807, 2.05) is 0 Å². The third-order valence-corrected chi connectivity index (χ3v) is 5.80. The molecule has 1 aliphatic heterocycles. The lowest BCUT2D eigenvalue weighted by Gasteiger charge is -2.41. The standard InChI is InChI=1S/C22H24F6N4O2/c1-13-7-15(10-32(20(13)34)12-22(26,27)28)17-11-31(6-5-21(17,24)25)14(2)8-19(33)30-18-4-3-16(23)9-29-18/h3-4,7,9-10,14,17H,5-6,8,11-12H2,1-2H3,(H,29,30,33)/t14-,17?/m0/s1. The van der Waals surface area contributed by atoms with Crippen molar-refractivity contribution < 1.29 is 31.1 Å². The molecular formula is C22H24F6N4O2. The maximum Gasteiger partial charge on any atom is 0.406 e. The number of aryl methyl sites for hydroxylation is 1. The number of nitrogens with zero attached hydrogens (tertiary/aromatic N) is 3. The van der Waals surface area contributed by atoms with Gasteiger partial charge >= 0.3 is 6.18 Å². The van der Waals surface area contributed by atoms with Crippen LogP contribution in [-0.4, -0.2) is 51.6 Å². The zero-order chi connectivity index (χ0) is 25.3. The number of rotatable bonds is 6. The van der Waals surface area contributed by atoms with Gasteiger partial charge in [-0.05, 0) is 37.6 Å². The number of carbonyl (C=O) groups excluding carboxylic acids is 1. The number of amides is 1. The molecule has 0 radical (unpaired) electrons. The summed E-state index contributed by atoms with van der Waals surface area (Å²) in [6, 6.07) is 3.15. The summed E-state index contributed by atoms with van der Waals surface area (Å²) >= 11 is 0. The molecule has 6 nitrogen and oxygen atoms in total. The number of nitrogens with one attached hydrogen (secondary N) is 1. The van der Waals surface area contributed by atoms with Crippen LogP contribution < -0.4 is 10.9 Å². The van der Waals surface area contributed by atoms with Crippen LogP contribution in [-0.2, 0) is 11.3 Å². The number of piperidine rings is 1. The predicted octanol–water partition coefficient (Wildman–Crippen LogP) is 4.10. The van der Waals surface area contributed by atoms with Crippen molar-refractivity contribution in [3.63, 3.8) is 0 Å². The lowest BCUT2D eigenvalue weighted by molar-refractivity contribution is -0.141. The number of carbonyl (C=O) groups is 1. The van der Waals surface area contributed by atoms with Gasteiger partial charge in [0.2, 0.25) is 5.91 Å². The van der Waals surface area contributed by atoms with Crippen LogP contribution in [0.5, 0.6) is 0 Å². The lowest BCUT2D eigenvalue weighted by Crippen LogP contribution is -2.49. The maximum absolute atomic E-state index is 14.8. The minimum atomic E-state index is -4.68. The smallest absolute Gasteiger partial charge is 0.311 e. The highest BCUT2D eigenvalue weighted by molar-refractivity contribution is 5.90. The topological polar surface area (TPSA) is 67.2 Å². The molecule has 1 amide bonds. The quantitative estimate of drug-likeness (QED) is 0.620. The fourth-order valence-corrected chi connectivity index (χ4v) is 4.03. The van der Waals surface area contributed by atoms with Crippen LogP contribution in [0.15, 0.2) is 35.4 Å². The number of pyridine rings is 2. The second-order valence-corrected chi connectivity index (χ2v) is 8.53. The highest BCUT2D eigenvalue weighted by atomic mass is 19.4. The summed E-state index contributed by atoms with van der Waals surface area (Å²) in [7, 11) is 0. The Morgan fingerprint density at radius 2 is 2.03 bits per heavy atom. The second-order valence-electron chi connectivity index (χ2n) is 8.53. The SMILES string of the molecule is Cc1cc(C2CN([C@@H](C)CC(=O)Nc3ccc(F)cn3)CCC2(F)F)cn(CC(F)(F)F)c1=O. The number of alkyl halides is 5. The van der Waals surface area contributed by atoms with E-state index in [-0.39, 0.29) is 36.5 Å². The van der Waals surface area contributed by atoms with Gasteiger partial charge in [0.15, 0.2) is 0 Å². The summed E-state index contributed by atoms with van der Waals surface area (Å²) < 4.78 is 81.6. The van der Waals surface area contributed by atoms with Gasteiger partial charge in [-0.2, -0.15) is 13.2 Å². The van der Waals surface area contributed by atoms with Gasteiger partial charge in [0.25, 0.3) is 11.5 Å². The number of aromatic nitrogens is 2. The molecule has 0 bridgehead atoms. The van der Waals surface area contributed by atoms with E-state index in [0.717, 1.165) is 18.5 Å². The van der Waals surface area contributed by atoms with Gasteiger partial charge in [-0.15, -0.1) is 0 Å². The van der Waals surface area contributed by atoms with E-state index in [4.69, 9.17) is 0 Å². The van der Waals surface area contributed by atoms with Crippen molar-refractivity contribution >= 4 is 11.7 Å². The van der Waals surface area contributed by atoms with Gasteiger partial charge < -0.3 is 9.88 Å². The van der Waals surface area contributed by atoms with E-state index < -0.39 is 54.3 Å². The van der Waals surface area contributed by atoms with Crippen LogP contribution in [0.3, 0.4) is 0 Å². The summed E-state index contributed by atoms with van der Waals surface area (Å²) in [6.07, 6.45) is -3.51. The highest BCUT2D eigenvalue weighted by Gasteiger charge is 2.46. The normalized spacial score (nSPS) is 19.6. The molecule has 1 aliphatic rings. The number of halogens is 6. The summed E-state index contributed by atoms with van der Waals surface area (Å²) in [5.41, 5.74) is -1.02. The van der Waals surface area contributed by atoms with Crippen LogP contribution in [0.4, 0.5) is 32.2 Å². The molecule has 34 heavy (non-hydrogen) atoms. The van der Waals surface area contributed by atoms with Gasteiger partial charge in [-0.25, -0.2) is 18.2 Å². The van der Waals surface area contributed by atoms with E-state index in [0.29, 0.717) is 4.57 Å². The van der Waals surface area contributed by atoms with Crippen LogP contribution in [0.1, 0.15) is 36.8 Å². The third kappa shape index (κ3) is 6.37. The van der Waals surface area contributed by atoms with Gasteiger partial charge in [0.05, 0.1) is 12.1 Å². The monoisotopic (exact) mass is 490 g/mol. The molecule has 1 saturated heterocycles.